The van der Waals surface area contributed by atoms with Crippen LogP contribution in [0.1, 0.15) is 6.92 Å². The Morgan fingerprint density at radius 3 is 2.50 bits per heavy atom. The van der Waals surface area contributed by atoms with Gasteiger partial charge in [-0.25, -0.2) is 8.42 Å². The van der Waals surface area contributed by atoms with Crippen LogP contribution >= 0.6 is 23.2 Å². The summed E-state index contributed by atoms with van der Waals surface area (Å²) in [7, 11) is -3.75. The van der Waals surface area contributed by atoms with Gasteiger partial charge in [0.2, 0.25) is 15.9 Å². The van der Waals surface area contributed by atoms with Crippen molar-refractivity contribution in [2.24, 2.45) is 17.6 Å². The van der Waals surface area contributed by atoms with Gasteiger partial charge in [-0.1, -0.05) is 30.1 Å². The molecule has 0 radical (unpaired) electrons. The monoisotopic (exact) mass is 336 g/mol. The number of rotatable bonds is 3. The van der Waals surface area contributed by atoms with Crippen molar-refractivity contribution in [1.29, 1.82) is 0 Å². The van der Waals surface area contributed by atoms with E-state index in [0.29, 0.717) is 5.02 Å². The van der Waals surface area contributed by atoms with Crippen molar-refractivity contribution in [3.05, 3.63) is 28.2 Å². The van der Waals surface area contributed by atoms with Crippen LogP contribution in [0.15, 0.2) is 23.1 Å². The normalized spacial score (nSPS) is 23.9. The van der Waals surface area contributed by atoms with E-state index in [0.717, 1.165) is 0 Å². The van der Waals surface area contributed by atoms with Gasteiger partial charge in [0.1, 0.15) is 4.90 Å². The number of nitrogens with zero attached hydrogens (tertiary/aromatic N) is 1. The van der Waals surface area contributed by atoms with Crippen LogP contribution in [0.3, 0.4) is 0 Å². The summed E-state index contributed by atoms with van der Waals surface area (Å²) < 4.78 is 26.3. The summed E-state index contributed by atoms with van der Waals surface area (Å²) in [5, 5.41) is 0.423. The minimum Gasteiger partial charge on any atom is -0.369 e. The summed E-state index contributed by atoms with van der Waals surface area (Å²) in [6.07, 6.45) is 0. The second-order valence-electron chi connectivity index (χ2n) is 4.88. The molecule has 1 aromatic rings. The van der Waals surface area contributed by atoms with Gasteiger partial charge in [0.05, 0.1) is 10.9 Å². The van der Waals surface area contributed by atoms with E-state index in [1.165, 1.54) is 22.5 Å². The molecule has 0 bridgehead atoms. The Hall–Kier alpha value is -0.820. The standard InChI is InChI=1S/C12H14Cl2N2O3S/c1-7-5-16(6-9(7)12(15)17)20(18,19)11-3-2-8(13)4-10(11)14/h2-4,7,9H,5-6H2,1H3,(H2,15,17)/t7-,9-/m1/s1. The van der Waals surface area contributed by atoms with Crippen LogP contribution in [0.25, 0.3) is 0 Å². The summed E-state index contributed by atoms with van der Waals surface area (Å²) in [6, 6.07) is 4.20. The minimum atomic E-state index is -3.75. The maximum absolute atomic E-state index is 12.5. The van der Waals surface area contributed by atoms with Gasteiger partial charge in [0.15, 0.2) is 0 Å². The largest absolute Gasteiger partial charge is 0.369 e. The Morgan fingerprint density at radius 1 is 1.35 bits per heavy atom. The van der Waals surface area contributed by atoms with Gasteiger partial charge in [-0.3, -0.25) is 4.79 Å². The molecule has 5 nitrogen and oxygen atoms in total. The molecule has 20 heavy (non-hydrogen) atoms. The molecule has 2 N–H and O–H groups in total. The fraction of sp³-hybridized carbons (Fsp3) is 0.417. The highest BCUT2D eigenvalue weighted by Gasteiger charge is 2.40. The Labute approximate surface area is 127 Å². The van der Waals surface area contributed by atoms with Crippen LogP contribution in [0.5, 0.6) is 0 Å². The summed E-state index contributed by atoms with van der Waals surface area (Å²) >= 11 is 11.7. The quantitative estimate of drug-likeness (QED) is 0.912. The van der Waals surface area contributed by atoms with Crippen LogP contribution in [0.2, 0.25) is 10.0 Å². The average Bonchev–Trinajstić information content (AvgIpc) is 2.71. The summed E-state index contributed by atoms with van der Waals surface area (Å²) in [5.41, 5.74) is 5.28. The fourth-order valence-corrected chi connectivity index (χ4v) is 4.63. The zero-order chi connectivity index (χ0) is 15.1. The van der Waals surface area contributed by atoms with E-state index >= 15 is 0 Å². The Bertz CT molecular complexity index is 648. The predicted octanol–water partition coefficient (Wildman–Crippen LogP) is 1.74. The molecule has 1 saturated heterocycles. The van der Waals surface area contributed by atoms with Gasteiger partial charge in [0, 0.05) is 18.1 Å². The van der Waals surface area contributed by atoms with E-state index in [1.807, 2.05) is 0 Å². The van der Waals surface area contributed by atoms with Gasteiger partial charge < -0.3 is 5.73 Å². The highest BCUT2D eigenvalue weighted by Crippen LogP contribution is 2.32. The molecule has 0 unspecified atom stereocenters. The third kappa shape index (κ3) is 2.79. The van der Waals surface area contributed by atoms with Crippen molar-refractivity contribution in [1.82, 2.24) is 4.31 Å². The van der Waals surface area contributed by atoms with Crippen LogP contribution in [-0.2, 0) is 14.8 Å². The van der Waals surface area contributed by atoms with Crippen LogP contribution in [0, 0.1) is 11.8 Å². The molecule has 1 aromatic carbocycles. The summed E-state index contributed by atoms with van der Waals surface area (Å²) in [4.78, 5) is 11.3. The Balaban J connectivity index is 2.35. The third-order valence-electron chi connectivity index (χ3n) is 3.46. The van der Waals surface area contributed by atoms with Crippen molar-refractivity contribution in [3.8, 4) is 0 Å². The Kier molecular flexibility index (Phi) is 4.30. The number of carbonyl (C=O) groups is 1. The van der Waals surface area contributed by atoms with E-state index in [1.54, 1.807) is 6.92 Å². The first-order valence-electron chi connectivity index (χ1n) is 5.98. The van der Waals surface area contributed by atoms with Crippen molar-refractivity contribution in [2.45, 2.75) is 11.8 Å². The highest BCUT2D eigenvalue weighted by molar-refractivity contribution is 7.89. The summed E-state index contributed by atoms with van der Waals surface area (Å²) in [5.74, 6) is -1.08. The lowest BCUT2D eigenvalue weighted by atomic mass is 9.98. The topological polar surface area (TPSA) is 80.5 Å². The highest BCUT2D eigenvalue weighted by atomic mass is 35.5. The van der Waals surface area contributed by atoms with E-state index in [2.05, 4.69) is 0 Å². The van der Waals surface area contributed by atoms with E-state index in [-0.39, 0.29) is 28.9 Å². The average molecular weight is 337 g/mol. The second kappa shape index (κ2) is 5.52. The molecule has 110 valence electrons. The van der Waals surface area contributed by atoms with Gasteiger partial charge >= 0.3 is 0 Å². The molecule has 1 amide bonds. The van der Waals surface area contributed by atoms with Gasteiger partial charge in [-0.05, 0) is 24.1 Å². The Morgan fingerprint density at radius 2 is 2.00 bits per heavy atom. The van der Waals surface area contributed by atoms with Crippen LogP contribution in [0.4, 0.5) is 0 Å². The molecule has 0 spiro atoms. The molecule has 0 aromatic heterocycles. The maximum atomic E-state index is 12.5. The third-order valence-corrected chi connectivity index (χ3v) is 6.01. The number of sulfonamides is 1. The molecule has 1 aliphatic rings. The van der Waals surface area contributed by atoms with E-state index < -0.39 is 21.8 Å². The molecule has 0 saturated carbocycles. The van der Waals surface area contributed by atoms with Gasteiger partial charge in [-0.2, -0.15) is 4.31 Å². The van der Waals surface area contributed by atoms with E-state index in [9.17, 15) is 13.2 Å². The molecule has 1 fully saturated rings. The SMILES string of the molecule is C[C@@H]1CN(S(=O)(=O)c2ccc(Cl)cc2Cl)C[C@H]1C(N)=O. The molecule has 2 rings (SSSR count). The molecule has 8 heteroatoms. The lowest BCUT2D eigenvalue weighted by Gasteiger charge is -2.17. The number of hydrogen-bond acceptors (Lipinski definition) is 3. The molecule has 0 aliphatic carbocycles. The lowest BCUT2D eigenvalue weighted by Crippen LogP contribution is -2.32. The van der Waals surface area contributed by atoms with Crippen LogP contribution in [-0.4, -0.2) is 31.7 Å². The zero-order valence-electron chi connectivity index (χ0n) is 10.7. The number of halogens is 2. The fourth-order valence-electron chi connectivity index (χ4n) is 2.31. The predicted molar refractivity (Wildman–Crippen MR) is 77.1 cm³/mol. The molecular weight excluding hydrogens is 323 g/mol. The van der Waals surface area contributed by atoms with Crippen molar-refractivity contribution >= 4 is 39.1 Å². The van der Waals surface area contributed by atoms with Crippen molar-refractivity contribution in [2.75, 3.05) is 13.1 Å². The van der Waals surface area contributed by atoms with Crippen LogP contribution < -0.4 is 5.73 Å². The first kappa shape index (κ1) is 15.6. The molecule has 2 atom stereocenters. The van der Waals surface area contributed by atoms with Gasteiger partial charge in [0.25, 0.3) is 0 Å². The maximum Gasteiger partial charge on any atom is 0.244 e. The van der Waals surface area contributed by atoms with E-state index in [4.69, 9.17) is 28.9 Å². The molecular formula is C12H14Cl2N2O3S. The van der Waals surface area contributed by atoms with Crippen molar-refractivity contribution in [3.63, 3.8) is 0 Å². The number of nitrogens with two attached hydrogens (primary N) is 1. The first-order valence-corrected chi connectivity index (χ1v) is 8.17. The zero-order valence-corrected chi connectivity index (χ0v) is 13.0. The number of hydrogen-bond donors (Lipinski definition) is 1. The summed E-state index contributed by atoms with van der Waals surface area (Å²) in [6.45, 7) is 2.13. The second-order valence-corrected chi connectivity index (χ2v) is 7.63. The smallest absolute Gasteiger partial charge is 0.244 e. The van der Waals surface area contributed by atoms with Crippen molar-refractivity contribution < 1.29 is 13.2 Å². The number of carbonyl (C=O) groups excluding carboxylic acids is 1. The van der Waals surface area contributed by atoms with Gasteiger partial charge in [-0.15, -0.1) is 0 Å². The lowest BCUT2D eigenvalue weighted by molar-refractivity contribution is -0.122. The molecule has 1 aliphatic heterocycles. The number of benzene rings is 1. The number of primary amides is 1. The molecule has 1 heterocycles. The minimum absolute atomic E-state index is 0.0131. The number of amides is 1. The first-order chi connectivity index (χ1) is 9.23.